The van der Waals surface area contributed by atoms with Crippen molar-refractivity contribution in [3.63, 3.8) is 0 Å². The van der Waals surface area contributed by atoms with Crippen LogP contribution in [0.2, 0.25) is 0 Å². The number of nitrogens with zero attached hydrogens (tertiary/aromatic N) is 1. The van der Waals surface area contributed by atoms with E-state index >= 15 is 0 Å². The van der Waals surface area contributed by atoms with Gasteiger partial charge >= 0.3 is 0 Å². The van der Waals surface area contributed by atoms with Gasteiger partial charge in [-0.25, -0.2) is 0 Å². The molecule has 1 aliphatic heterocycles. The Hall–Kier alpha value is 0.490. The minimum atomic E-state index is -2.00. The fourth-order valence-corrected chi connectivity index (χ4v) is 2.90. The molecule has 0 saturated carbocycles. The first kappa shape index (κ1) is 14.6. The lowest BCUT2D eigenvalue weighted by molar-refractivity contribution is 0.0320. The molecule has 96 valence electrons. The lowest BCUT2D eigenvalue weighted by atomic mass is 10.4. The Kier molecular flexibility index (Phi) is 7.04. The molecule has 1 rings (SSSR count). The zero-order valence-electron chi connectivity index (χ0n) is 10.2. The van der Waals surface area contributed by atoms with Crippen molar-refractivity contribution in [1.29, 1.82) is 0 Å². The number of hydrogen-bond acceptors (Lipinski definition) is 5. The first-order valence-corrected chi connectivity index (χ1v) is 8.89. The second-order valence-electron chi connectivity index (χ2n) is 3.89. The van der Waals surface area contributed by atoms with E-state index in [2.05, 4.69) is 11.8 Å². The van der Waals surface area contributed by atoms with E-state index in [-0.39, 0.29) is 0 Å². The zero-order chi connectivity index (χ0) is 11.9. The summed E-state index contributed by atoms with van der Waals surface area (Å²) in [4.78, 5) is 2.33. The van der Waals surface area contributed by atoms with Crippen molar-refractivity contribution in [1.82, 2.24) is 4.90 Å². The van der Waals surface area contributed by atoms with Gasteiger partial charge < -0.3 is 13.8 Å². The predicted molar refractivity (Wildman–Crippen MR) is 69.7 cm³/mol. The minimum Gasteiger partial charge on any atom is -0.379 e. The summed E-state index contributed by atoms with van der Waals surface area (Å²) in [5.74, 6) is 0. The van der Waals surface area contributed by atoms with Crippen molar-refractivity contribution in [2.75, 3.05) is 52.7 Å². The maximum Gasteiger partial charge on any atom is 0.185 e. The largest absolute Gasteiger partial charge is 0.379 e. The number of ether oxygens (including phenoxy) is 1. The zero-order valence-corrected chi connectivity index (χ0v) is 11.9. The molecule has 0 spiro atoms. The van der Waals surface area contributed by atoms with E-state index in [1.54, 1.807) is 0 Å². The smallest absolute Gasteiger partial charge is 0.185 e. The van der Waals surface area contributed by atoms with Crippen LogP contribution in [0.5, 0.6) is 0 Å². The highest BCUT2D eigenvalue weighted by Crippen LogP contribution is 2.44. The fraction of sp³-hybridized carbons (Fsp3) is 1.00. The first-order chi connectivity index (χ1) is 7.64. The molecule has 4 nitrogen and oxygen atoms in total. The average molecular weight is 267 g/mol. The van der Waals surface area contributed by atoms with E-state index in [1.807, 2.05) is 6.66 Å². The summed E-state index contributed by atoms with van der Waals surface area (Å²) in [6.07, 6.45) is 0.985. The lowest BCUT2D eigenvalue weighted by Gasteiger charge is -2.27. The molecule has 1 aliphatic rings. The Bertz CT molecular complexity index is 234. The molecule has 1 unspecified atom stereocenters. The molecule has 1 heterocycles. The summed E-state index contributed by atoms with van der Waals surface area (Å²) in [5, 5.41) is 0. The Morgan fingerprint density at radius 2 is 1.88 bits per heavy atom. The van der Waals surface area contributed by atoms with Crippen LogP contribution in [0.15, 0.2) is 0 Å². The van der Waals surface area contributed by atoms with E-state index in [4.69, 9.17) is 25.6 Å². The van der Waals surface area contributed by atoms with Crippen LogP contribution in [-0.2, 0) is 25.6 Å². The van der Waals surface area contributed by atoms with Crippen LogP contribution in [0.4, 0.5) is 0 Å². The molecule has 16 heavy (non-hydrogen) atoms. The molecule has 0 radical (unpaired) electrons. The van der Waals surface area contributed by atoms with Crippen molar-refractivity contribution < 1.29 is 13.8 Å². The van der Waals surface area contributed by atoms with Crippen molar-refractivity contribution in [2.45, 2.75) is 13.3 Å². The van der Waals surface area contributed by atoms with Gasteiger partial charge in [0.05, 0.1) is 26.4 Å². The van der Waals surface area contributed by atoms with Crippen LogP contribution < -0.4 is 0 Å². The van der Waals surface area contributed by atoms with Crippen LogP contribution in [0, 0.1) is 0 Å². The number of hydrogen-bond donors (Lipinski definition) is 0. The Balaban J connectivity index is 2.10. The average Bonchev–Trinajstić information content (AvgIpc) is 2.28. The van der Waals surface area contributed by atoms with Crippen LogP contribution in [0.1, 0.15) is 13.3 Å². The molecule has 0 aromatic rings. The van der Waals surface area contributed by atoms with Crippen LogP contribution >= 0.6 is 6.49 Å². The second-order valence-corrected chi connectivity index (χ2v) is 7.94. The maximum absolute atomic E-state index is 5.66. The van der Waals surface area contributed by atoms with Gasteiger partial charge in [0.1, 0.15) is 0 Å². The summed E-state index contributed by atoms with van der Waals surface area (Å²) in [5.41, 5.74) is 0. The van der Waals surface area contributed by atoms with E-state index in [0.717, 1.165) is 39.3 Å². The Morgan fingerprint density at radius 1 is 1.25 bits per heavy atom. The third-order valence-corrected chi connectivity index (χ3v) is 4.30. The Labute approximate surface area is 103 Å². The summed E-state index contributed by atoms with van der Waals surface area (Å²) in [7, 11) is 0. The lowest BCUT2D eigenvalue weighted by Crippen LogP contribution is -2.38. The van der Waals surface area contributed by atoms with Crippen molar-refractivity contribution in [2.24, 2.45) is 0 Å². The third-order valence-electron chi connectivity index (χ3n) is 2.37. The van der Waals surface area contributed by atoms with Gasteiger partial charge in [0, 0.05) is 26.3 Å². The molecule has 1 atom stereocenters. The molecule has 0 aromatic heterocycles. The molecule has 6 heteroatoms. The van der Waals surface area contributed by atoms with Crippen molar-refractivity contribution in [3.05, 3.63) is 0 Å². The maximum atomic E-state index is 5.66. The molecule has 0 N–H and O–H groups in total. The van der Waals surface area contributed by atoms with Crippen LogP contribution in [-0.4, -0.2) is 57.6 Å². The standard InChI is InChI=1S/C10H22NO3PS/c1-3-7-13-15(2,16)14-10-6-11-4-8-12-9-5-11/h3-10H2,1-2H3. The quantitative estimate of drug-likeness (QED) is 0.655. The Morgan fingerprint density at radius 3 is 2.50 bits per heavy atom. The highest BCUT2D eigenvalue weighted by molar-refractivity contribution is 8.09. The second kappa shape index (κ2) is 7.75. The molecule has 1 fully saturated rings. The normalized spacial score (nSPS) is 21.9. The first-order valence-electron chi connectivity index (χ1n) is 5.81. The van der Waals surface area contributed by atoms with Gasteiger partial charge in [-0.2, -0.15) is 0 Å². The molecule has 0 amide bonds. The topological polar surface area (TPSA) is 30.9 Å². The fourth-order valence-electron chi connectivity index (χ4n) is 1.45. The van der Waals surface area contributed by atoms with Crippen LogP contribution in [0.3, 0.4) is 0 Å². The highest BCUT2D eigenvalue weighted by Gasteiger charge is 2.13. The van der Waals surface area contributed by atoms with E-state index in [9.17, 15) is 0 Å². The van der Waals surface area contributed by atoms with E-state index in [1.165, 1.54) is 0 Å². The SMILES string of the molecule is CCCOP(C)(=S)OCCN1CCOCC1. The van der Waals surface area contributed by atoms with Gasteiger partial charge in [-0.15, -0.1) is 0 Å². The molecular formula is C10H22NO3PS. The summed E-state index contributed by atoms with van der Waals surface area (Å²) >= 11 is 5.30. The van der Waals surface area contributed by atoms with Crippen molar-refractivity contribution >= 4 is 18.3 Å². The van der Waals surface area contributed by atoms with Gasteiger partial charge in [-0.1, -0.05) is 6.92 Å². The van der Waals surface area contributed by atoms with E-state index < -0.39 is 6.49 Å². The minimum absolute atomic E-state index is 0.664. The van der Waals surface area contributed by atoms with E-state index in [0.29, 0.717) is 13.2 Å². The molecule has 1 saturated heterocycles. The van der Waals surface area contributed by atoms with Crippen molar-refractivity contribution in [3.8, 4) is 0 Å². The summed E-state index contributed by atoms with van der Waals surface area (Å²) in [6.45, 7) is 7.89. The number of rotatable bonds is 7. The predicted octanol–water partition coefficient (Wildman–Crippen LogP) is 1.70. The van der Waals surface area contributed by atoms with Gasteiger partial charge in [-0.3, -0.25) is 4.90 Å². The third kappa shape index (κ3) is 6.28. The monoisotopic (exact) mass is 267 g/mol. The van der Waals surface area contributed by atoms with Gasteiger partial charge in [0.15, 0.2) is 6.49 Å². The van der Waals surface area contributed by atoms with Gasteiger partial charge in [0.25, 0.3) is 0 Å². The molecule has 0 bridgehead atoms. The molecular weight excluding hydrogens is 245 g/mol. The summed E-state index contributed by atoms with van der Waals surface area (Å²) in [6, 6.07) is 0. The van der Waals surface area contributed by atoms with Gasteiger partial charge in [0.2, 0.25) is 0 Å². The van der Waals surface area contributed by atoms with Gasteiger partial charge in [-0.05, 0) is 18.2 Å². The highest BCUT2D eigenvalue weighted by atomic mass is 32.5. The number of morpholine rings is 1. The molecule has 0 aliphatic carbocycles. The van der Waals surface area contributed by atoms with Crippen LogP contribution in [0.25, 0.3) is 0 Å². The molecule has 0 aromatic carbocycles. The summed E-state index contributed by atoms with van der Waals surface area (Å²) < 4.78 is 16.5.